The topological polar surface area (TPSA) is 50.8 Å². The monoisotopic (exact) mass is 497 g/mol. The zero-order chi connectivity index (χ0) is 24.3. The van der Waals surface area contributed by atoms with Crippen molar-refractivity contribution in [1.82, 2.24) is 14.3 Å². The van der Waals surface area contributed by atoms with Gasteiger partial charge in [-0.15, -0.1) is 11.3 Å². The number of furan rings is 1. The van der Waals surface area contributed by atoms with E-state index in [4.69, 9.17) is 21.0 Å². The molecule has 3 heterocycles. The second-order valence-electron chi connectivity index (χ2n) is 10.2. The lowest BCUT2D eigenvalue weighted by Gasteiger charge is -2.26. The van der Waals surface area contributed by atoms with Gasteiger partial charge in [-0.05, 0) is 42.0 Å². The van der Waals surface area contributed by atoms with Crippen LogP contribution >= 0.6 is 22.9 Å². The smallest absolute Gasteiger partial charge is 0.223 e. The van der Waals surface area contributed by atoms with Crippen molar-refractivity contribution in [3.63, 3.8) is 0 Å². The number of hydrogen-bond acceptors (Lipinski definition) is 4. The van der Waals surface area contributed by atoms with Gasteiger partial charge in [0.15, 0.2) is 4.96 Å². The summed E-state index contributed by atoms with van der Waals surface area (Å²) in [6.45, 7) is 9.95. The van der Waals surface area contributed by atoms with Crippen LogP contribution in [-0.4, -0.2) is 26.7 Å². The Kier molecular flexibility index (Phi) is 7.48. The Balaban J connectivity index is 1.48. The van der Waals surface area contributed by atoms with Crippen molar-refractivity contribution in [3.05, 3.63) is 70.7 Å². The number of hydrogen-bond donors (Lipinski definition) is 0. The van der Waals surface area contributed by atoms with Gasteiger partial charge >= 0.3 is 0 Å². The molecule has 180 valence electrons. The van der Waals surface area contributed by atoms with Crippen LogP contribution < -0.4 is 0 Å². The van der Waals surface area contributed by atoms with E-state index >= 15 is 0 Å². The van der Waals surface area contributed by atoms with Crippen LogP contribution in [-0.2, 0) is 17.8 Å². The van der Waals surface area contributed by atoms with Gasteiger partial charge in [-0.25, -0.2) is 4.98 Å². The number of rotatable bonds is 9. The van der Waals surface area contributed by atoms with Crippen molar-refractivity contribution < 1.29 is 9.21 Å². The molecular weight excluding hydrogens is 466 g/mol. The standard InChI is InChI=1S/C27H32ClN3O2S/c1-19(15-27(2,3)4)14-25(32)30(16-23-6-5-13-33-23)12-11-22-18-34-26-29-24(17-31(22)26)20-7-9-21(28)10-8-20/h5-10,13,17-19H,11-12,14-16H2,1-4H3. The molecule has 1 aromatic carbocycles. The molecule has 1 amide bonds. The lowest BCUT2D eigenvalue weighted by molar-refractivity contribution is -0.133. The third-order valence-corrected chi connectivity index (χ3v) is 6.97. The van der Waals surface area contributed by atoms with Gasteiger partial charge in [-0.1, -0.05) is 51.4 Å². The average Bonchev–Trinajstić information content (AvgIpc) is 3.48. The summed E-state index contributed by atoms with van der Waals surface area (Å²) in [4.78, 5) is 20.9. The quantitative estimate of drug-likeness (QED) is 0.243. The number of thiazole rings is 1. The third kappa shape index (κ3) is 6.30. The second kappa shape index (κ2) is 10.4. The number of nitrogens with zero attached hydrogens (tertiary/aromatic N) is 3. The summed E-state index contributed by atoms with van der Waals surface area (Å²) in [6, 6.07) is 11.5. The van der Waals surface area contributed by atoms with Crippen LogP contribution in [0.25, 0.3) is 16.2 Å². The fourth-order valence-electron chi connectivity index (χ4n) is 4.45. The summed E-state index contributed by atoms with van der Waals surface area (Å²) < 4.78 is 7.68. The Labute approximate surface area is 210 Å². The van der Waals surface area contributed by atoms with E-state index in [1.807, 2.05) is 41.3 Å². The number of carbonyl (C=O) groups is 1. The third-order valence-electron chi connectivity index (χ3n) is 5.82. The molecule has 0 aliphatic carbocycles. The van der Waals surface area contributed by atoms with E-state index in [1.165, 1.54) is 0 Å². The Hall–Kier alpha value is -2.57. The molecule has 1 atom stereocenters. The van der Waals surface area contributed by atoms with Crippen LogP contribution in [0.5, 0.6) is 0 Å². The van der Waals surface area contributed by atoms with Crippen molar-refractivity contribution in [2.45, 2.75) is 53.5 Å². The minimum Gasteiger partial charge on any atom is -0.467 e. The number of benzene rings is 1. The molecule has 3 aromatic heterocycles. The lowest BCUT2D eigenvalue weighted by Crippen LogP contribution is -2.34. The highest BCUT2D eigenvalue weighted by Gasteiger charge is 2.22. The molecule has 0 fully saturated rings. The molecule has 0 radical (unpaired) electrons. The SMILES string of the molecule is CC(CC(=O)N(CCc1csc2nc(-c3ccc(Cl)cc3)cn12)Cc1ccco1)CC(C)(C)C. The molecule has 34 heavy (non-hydrogen) atoms. The summed E-state index contributed by atoms with van der Waals surface area (Å²) >= 11 is 7.65. The minimum absolute atomic E-state index is 0.173. The first-order chi connectivity index (χ1) is 16.2. The van der Waals surface area contributed by atoms with Gasteiger partial charge in [0, 0.05) is 47.2 Å². The van der Waals surface area contributed by atoms with Crippen LogP contribution in [0.3, 0.4) is 0 Å². The van der Waals surface area contributed by atoms with Crippen LogP contribution in [0.2, 0.25) is 5.02 Å². The molecular formula is C27H32ClN3O2S. The highest BCUT2D eigenvalue weighted by atomic mass is 35.5. The molecule has 0 bridgehead atoms. The van der Waals surface area contributed by atoms with Gasteiger partial charge in [-0.3, -0.25) is 9.20 Å². The van der Waals surface area contributed by atoms with E-state index in [0.29, 0.717) is 30.5 Å². The molecule has 4 aromatic rings. The normalized spacial score (nSPS) is 12.9. The van der Waals surface area contributed by atoms with E-state index in [0.717, 1.165) is 40.5 Å². The van der Waals surface area contributed by atoms with Crippen molar-refractivity contribution in [2.75, 3.05) is 6.54 Å². The van der Waals surface area contributed by atoms with E-state index in [1.54, 1.807) is 17.6 Å². The zero-order valence-corrected chi connectivity index (χ0v) is 21.8. The summed E-state index contributed by atoms with van der Waals surface area (Å²) in [5, 5.41) is 2.84. The first-order valence-electron chi connectivity index (χ1n) is 11.7. The van der Waals surface area contributed by atoms with Crippen LogP contribution in [0, 0.1) is 11.3 Å². The van der Waals surface area contributed by atoms with Gasteiger partial charge in [0.05, 0.1) is 18.5 Å². The van der Waals surface area contributed by atoms with Crippen molar-refractivity contribution >= 4 is 33.8 Å². The molecule has 0 spiro atoms. The second-order valence-corrected chi connectivity index (χ2v) is 11.5. The number of fused-ring (bicyclic) bond motifs is 1. The van der Waals surface area contributed by atoms with Crippen LogP contribution in [0.15, 0.2) is 58.7 Å². The van der Waals surface area contributed by atoms with Crippen molar-refractivity contribution in [3.8, 4) is 11.3 Å². The molecule has 0 N–H and O–H groups in total. The molecule has 0 aliphatic rings. The first-order valence-corrected chi connectivity index (χ1v) is 13.0. The maximum atomic E-state index is 13.3. The van der Waals surface area contributed by atoms with E-state index in [-0.39, 0.29) is 11.3 Å². The fourth-order valence-corrected chi connectivity index (χ4v) is 5.48. The Morgan fingerprint density at radius 3 is 2.68 bits per heavy atom. The van der Waals surface area contributed by atoms with Gasteiger partial charge in [0.1, 0.15) is 5.76 Å². The number of amides is 1. The van der Waals surface area contributed by atoms with Crippen molar-refractivity contribution in [1.29, 1.82) is 0 Å². The number of halogens is 1. The Morgan fingerprint density at radius 2 is 2.00 bits per heavy atom. The fraction of sp³-hybridized carbons (Fsp3) is 0.407. The number of imidazole rings is 1. The van der Waals surface area contributed by atoms with Gasteiger partial charge < -0.3 is 9.32 Å². The summed E-state index contributed by atoms with van der Waals surface area (Å²) in [5.74, 6) is 1.31. The van der Waals surface area contributed by atoms with E-state index in [2.05, 4.69) is 43.7 Å². The maximum Gasteiger partial charge on any atom is 0.223 e. The largest absolute Gasteiger partial charge is 0.467 e. The number of aromatic nitrogens is 2. The molecule has 7 heteroatoms. The molecule has 0 saturated carbocycles. The zero-order valence-electron chi connectivity index (χ0n) is 20.3. The van der Waals surface area contributed by atoms with Crippen LogP contribution in [0.4, 0.5) is 0 Å². The lowest BCUT2D eigenvalue weighted by atomic mass is 9.84. The number of carbonyl (C=O) groups excluding carboxylic acids is 1. The minimum atomic E-state index is 0.173. The maximum absolute atomic E-state index is 13.3. The summed E-state index contributed by atoms with van der Waals surface area (Å²) in [6.07, 6.45) is 6.03. The molecule has 5 nitrogen and oxygen atoms in total. The highest BCUT2D eigenvalue weighted by Crippen LogP contribution is 2.27. The Bertz CT molecular complexity index is 1220. The average molecular weight is 498 g/mol. The van der Waals surface area contributed by atoms with E-state index in [9.17, 15) is 4.79 Å². The summed E-state index contributed by atoms with van der Waals surface area (Å²) in [5.41, 5.74) is 3.31. The molecule has 4 rings (SSSR count). The van der Waals surface area contributed by atoms with Gasteiger partial charge in [0.2, 0.25) is 5.91 Å². The van der Waals surface area contributed by atoms with E-state index < -0.39 is 0 Å². The first kappa shape index (κ1) is 24.6. The Morgan fingerprint density at radius 1 is 1.24 bits per heavy atom. The molecule has 0 saturated heterocycles. The van der Waals surface area contributed by atoms with Gasteiger partial charge in [-0.2, -0.15) is 0 Å². The molecule has 1 unspecified atom stereocenters. The predicted octanol–water partition coefficient (Wildman–Crippen LogP) is 7.34. The predicted molar refractivity (Wildman–Crippen MR) is 139 cm³/mol. The van der Waals surface area contributed by atoms with Gasteiger partial charge in [0.25, 0.3) is 0 Å². The molecule has 0 aliphatic heterocycles. The van der Waals surface area contributed by atoms with Crippen molar-refractivity contribution in [2.24, 2.45) is 11.3 Å². The summed E-state index contributed by atoms with van der Waals surface area (Å²) in [7, 11) is 0. The van der Waals surface area contributed by atoms with Crippen LogP contribution in [0.1, 0.15) is 52.0 Å². The highest BCUT2D eigenvalue weighted by molar-refractivity contribution is 7.15.